The predicted molar refractivity (Wildman–Crippen MR) is 169 cm³/mol. The molecule has 1 heterocycles. The molecule has 0 unspecified atom stereocenters. The first-order valence-electron chi connectivity index (χ1n) is 14.1. The minimum Gasteiger partial charge on any atom is -0.493 e. The number of benzene rings is 4. The molecule has 10 nitrogen and oxygen atoms in total. The van der Waals surface area contributed by atoms with Crippen LogP contribution in [0.25, 0.3) is 6.08 Å². The molecular weight excluding hydrogens is 574 g/mol. The smallest absolute Gasteiger partial charge is 0.335 e. The van der Waals surface area contributed by atoms with Gasteiger partial charge in [0.25, 0.3) is 17.7 Å². The van der Waals surface area contributed by atoms with Crippen LogP contribution in [0.2, 0.25) is 0 Å². The maximum absolute atomic E-state index is 13.4. The number of imide groups is 2. The highest BCUT2D eigenvalue weighted by atomic mass is 16.5. The Morgan fingerprint density at radius 1 is 0.867 bits per heavy atom. The average Bonchev–Trinajstić information content (AvgIpc) is 3.04. The van der Waals surface area contributed by atoms with Crippen molar-refractivity contribution in [2.24, 2.45) is 0 Å². The van der Waals surface area contributed by atoms with Gasteiger partial charge in [-0.05, 0) is 84.6 Å². The van der Waals surface area contributed by atoms with Crippen LogP contribution < -0.4 is 29.7 Å². The van der Waals surface area contributed by atoms with Gasteiger partial charge in [-0.2, -0.15) is 0 Å². The Kier molecular flexibility index (Phi) is 9.23. The summed E-state index contributed by atoms with van der Waals surface area (Å²) in [6, 6.07) is 25.6. The first-order valence-corrected chi connectivity index (χ1v) is 14.1. The number of anilines is 2. The Balaban J connectivity index is 1.27. The zero-order chi connectivity index (χ0) is 31.9. The number of amides is 5. The largest absolute Gasteiger partial charge is 0.493 e. The average molecular weight is 606 g/mol. The van der Waals surface area contributed by atoms with Crippen LogP contribution in [0.4, 0.5) is 16.2 Å². The van der Waals surface area contributed by atoms with E-state index >= 15 is 0 Å². The summed E-state index contributed by atoms with van der Waals surface area (Å²) in [6.45, 7) is 3.98. The van der Waals surface area contributed by atoms with Crippen LogP contribution >= 0.6 is 0 Å². The quantitative estimate of drug-likeness (QED) is 0.179. The van der Waals surface area contributed by atoms with Gasteiger partial charge in [-0.3, -0.25) is 19.7 Å². The van der Waals surface area contributed by atoms with E-state index < -0.39 is 17.8 Å². The Bertz CT molecular complexity index is 1780. The molecular formula is C35H31N3O7. The summed E-state index contributed by atoms with van der Waals surface area (Å²) >= 11 is 0. The molecule has 228 valence electrons. The number of hydrogen-bond acceptors (Lipinski definition) is 7. The van der Waals surface area contributed by atoms with Crippen molar-refractivity contribution in [2.75, 3.05) is 23.9 Å². The zero-order valence-electron chi connectivity index (χ0n) is 25.0. The Morgan fingerprint density at radius 2 is 1.62 bits per heavy atom. The lowest BCUT2D eigenvalue weighted by Crippen LogP contribution is -2.54. The number of carbonyl (C=O) groups is 4. The van der Waals surface area contributed by atoms with Crippen molar-refractivity contribution in [3.63, 3.8) is 0 Å². The van der Waals surface area contributed by atoms with Crippen molar-refractivity contribution in [3.8, 4) is 17.2 Å². The molecule has 1 aliphatic heterocycles. The van der Waals surface area contributed by atoms with E-state index in [-0.39, 0.29) is 29.5 Å². The molecule has 1 saturated heterocycles. The van der Waals surface area contributed by atoms with Gasteiger partial charge in [0.1, 0.15) is 17.9 Å². The van der Waals surface area contributed by atoms with Crippen molar-refractivity contribution in [1.82, 2.24) is 5.32 Å². The molecule has 5 amide bonds. The van der Waals surface area contributed by atoms with Gasteiger partial charge in [0.05, 0.1) is 12.8 Å². The fraction of sp³-hybridized carbons (Fsp3) is 0.143. The first kappa shape index (κ1) is 30.6. The lowest BCUT2D eigenvalue weighted by Gasteiger charge is -2.26. The normalized spacial score (nSPS) is 13.8. The number of hydrogen-bond donors (Lipinski definition) is 2. The van der Waals surface area contributed by atoms with Crippen molar-refractivity contribution in [1.29, 1.82) is 0 Å². The van der Waals surface area contributed by atoms with E-state index in [1.807, 2.05) is 62.4 Å². The van der Waals surface area contributed by atoms with Crippen LogP contribution in [-0.2, 0) is 21.0 Å². The Morgan fingerprint density at radius 3 is 2.36 bits per heavy atom. The fourth-order valence-electron chi connectivity index (χ4n) is 4.60. The lowest BCUT2D eigenvalue weighted by molar-refractivity contribution is -0.122. The van der Waals surface area contributed by atoms with E-state index in [9.17, 15) is 19.2 Å². The molecule has 45 heavy (non-hydrogen) atoms. The minimum atomic E-state index is -0.861. The molecule has 0 spiro atoms. The van der Waals surface area contributed by atoms with Crippen LogP contribution in [-0.4, -0.2) is 37.5 Å². The van der Waals surface area contributed by atoms with Gasteiger partial charge in [-0.1, -0.05) is 48.5 Å². The molecule has 4 aromatic rings. The number of nitrogens with zero attached hydrogens (tertiary/aromatic N) is 1. The summed E-state index contributed by atoms with van der Waals surface area (Å²) in [7, 11) is 1.43. The molecule has 0 atom stereocenters. The molecule has 10 heteroatoms. The van der Waals surface area contributed by atoms with Crippen LogP contribution in [0.3, 0.4) is 0 Å². The molecule has 4 aromatic carbocycles. The van der Waals surface area contributed by atoms with Crippen molar-refractivity contribution in [3.05, 3.63) is 119 Å². The second-order valence-corrected chi connectivity index (χ2v) is 10.2. The Hall–Kier alpha value is -5.90. The monoisotopic (exact) mass is 605 g/mol. The van der Waals surface area contributed by atoms with Gasteiger partial charge in [-0.25, -0.2) is 9.69 Å². The van der Waals surface area contributed by atoms with E-state index in [1.165, 1.54) is 13.2 Å². The van der Waals surface area contributed by atoms with E-state index in [4.69, 9.17) is 14.2 Å². The fourth-order valence-corrected chi connectivity index (χ4v) is 4.60. The van der Waals surface area contributed by atoms with Crippen molar-refractivity contribution in [2.45, 2.75) is 20.5 Å². The molecule has 0 saturated carbocycles. The number of rotatable bonds is 10. The van der Waals surface area contributed by atoms with E-state index in [2.05, 4.69) is 10.6 Å². The molecule has 5 rings (SSSR count). The summed E-state index contributed by atoms with van der Waals surface area (Å²) < 4.78 is 16.9. The zero-order valence-corrected chi connectivity index (χ0v) is 25.0. The molecule has 0 aromatic heterocycles. The number of urea groups is 1. The molecule has 0 bridgehead atoms. The number of ether oxygens (including phenoxy) is 3. The molecule has 1 aliphatic rings. The standard InChI is InChI=1S/C35H31N3O7/c1-22-8-7-11-29(23(22)2)36-32(39)21-45-30-17-12-25(19-31(30)43-3)18-28-33(40)37-35(42)38(34(28)41)26-13-15-27(16-14-26)44-20-24-9-5-4-6-10-24/h4-19H,20-21H2,1-3H3,(H,36,39)(H,37,40,42)/b28-18-. The maximum atomic E-state index is 13.4. The lowest BCUT2D eigenvalue weighted by atomic mass is 10.1. The van der Waals surface area contributed by atoms with Gasteiger partial charge in [0.2, 0.25) is 0 Å². The van der Waals surface area contributed by atoms with Gasteiger partial charge < -0.3 is 19.5 Å². The summed E-state index contributed by atoms with van der Waals surface area (Å²) in [4.78, 5) is 52.2. The molecule has 1 fully saturated rings. The second kappa shape index (κ2) is 13.6. The third kappa shape index (κ3) is 7.19. The van der Waals surface area contributed by atoms with Gasteiger partial charge in [0.15, 0.2) is 18.1 Å². The van der Waals surface area contributed by atoms with Crippen LogP contribution in [0, 0.1) is 13.8 Å². The highest BCUT2D eigenvalue weighted by Gasteiger charge is 2.36. The summed E-state index contributed by atoms with van der Waals surface area (Å²) in [5.41, 5.74) is 4.18. The number of methoxy groups -OCH3 is 1. The van der Waals surface area contributed by atoms with Crippen LogP contribution in [0.15, 0.2) is 96.6 Å². The third-order valence-corrected chi connectivity index (χ3v) is 7.18. The van der Waals surface area contributed by atoms with Crippen LogP contribution in [0.5, 0.6) is 17.2 Å². The summed E-state index contributed by atoms with van der Waals surface area (Å²) in [6.07, 6.45) is 1.36. The number of aryl methyl sites for hydroxylation is 1. The van der Waals surface area contributed by atoms with Gasteiger partial charge >= 0.3 is 6.03 Å². The molecule has 2 N–H and O–H groups in total. The van der Waals surface area contributed by atoms with E-state index in [1.54, 1.807) is 42.5 Å². The van der Waals surface area contributed by atoms with E-state index in [0.29, 0.717) is 29.4 Å². The summed E-state index contributed by atoms with van der Waals surface area (Å²) in [5.74, 6) is -0.831. The topological polar surface area (TPSA) is 123 Å². The highest BCUT2D eigenvalue weighted by Crippen LogP contribution is 2.30. The first-order chi connectivity index (χ1) is 21.7. The van der Waals surface area contributed by atoms with Gasteiger partial charge in [-0.15, -0.1) is 0 Å². The third-order valence-electron chi connectivity index (χ3n) is 7.18. The van der Waals surface area contributed by atoms with E-state index in [0.717, 1.165) is 21.6 Å². The highest BCUT2D eigenvalue weighted by molar-refractivity contribution is 6.39. The number of nitrogens with one attached hydrogen (secondary N) is 2. The SMILES string of the molecule is COc1cc(/C=C2/C(=O)NC(=O)N(c3ccc(OCc4ccccc4)cc3)C2=O)ccc1OCC(=O)Nc1cccc(C)c1C. The van der Waals surface area contributed by atoms with Crippen molar-refractivity contribution < 1.29 is 33.4 Å². The van der Waals surface area contributed by atoms with Crippen LogP contribution in [0.1, 0.15) is 22.3 Å². The molecule has 0 aliphatic carbocycles. The molecule has 0 radical (unpaired) electrons. The Labute approximate surface area is 260 Å². The predicted octanol–water partition coefficient (Wildman–Crippen LogP) is 5.57. The maximum Gasteiger partial charge on any atom is 0.335 e. The minimum absolute atomic E-state index is 0.248. The van der Waals surface area contributed by atoms with Crippen molar-refractivity contribution >= 4 is 41.2 Å². The number of barbiturate groups is 1. The number of carbonyl (C=O) groups excluding carboxylic acids is 4. The summed E-state index contributed by atoms with van der Waals surface area (Å²) in [5, 5.41) is 5.05. The second-order valence-electron chi connectivity index (χ2n) is 10.2. The van der Waals surface area contributed by atoms with Gasteiger partial charge in [0, 0.05) is 5.69 Å².